The Kier molecular flexibility index (Phi) is 15.2. The van der Waals surface area contributed by atoms with Gasteiger partial charge in [-0.15, -0.1) is 0 Å². The summed E-state index contributed by atoms with van der Waals surface area (Å²) in [5.41, 5.74) is -4.18. The summed E-state index contributed by atoms with van der Waals surface area (Å²) in [6.45, 7) is 18.5. The summed E-state index contributed by atoms with van der Waals surface area (Å²) in [6.07, 6.45) is -5.08. The van der Waals surface area contributed by atoms with Crippen LogP contribution in [-0.2, 0) is 33.2 Å². The van der Waals surface area contributed by atoms with Gasteiger partial charge in [0.25, 0.3) is 0 Å². The number of cyclic esters (lactones) is 1. The van der Waals surface area contributed by atoms with Gasteiger partial charge in [-0.05, 0) is 87.7 Å². The van der Waals surface area contributed by atoms with Crippen LogP contribution >= 0.6 is 0 Å². The predicted molar refractivity (Wildman–Crippen MR) is 188 cm³/mol. The predicted octanol–water partition coefficient (Wildman–Crippen LogP) is 2.59. The molecule has 17 atom stereocenters. The molecule has 0 radical (unpaired) electrons. The van der Waals surface area contributed by atoms with Crippen molar-refractivity contribution in [2.45, 2.75) is 186 Å². The fourth-order valence-corrected chi connectivity index (χ4v) is 8.52. The maximum absolute atomic E-state index is 14.1. The summed E-state index contributed by atoms with van der Waals surface area (Å²) < 4.78 is 37.7. The van der Waals surface area contributed by atoms with Crippen LogP contribution in [0.5, 0.6) is 0 Å². The molecular formula is C37H70N2O11. The first kappa shape index (κ1) is 43.4. The number of carbonyl (C=O) groups excluding carboxylic acids is 1. The number of hydrogen-bond acceptors (Lipinski definition) is 13. The number of likely N-dealkylation sites (N-methyl/N-ethyl adjacent to an activating group) is 1. The van der Waals surface area contributed by atoms with E-state index in [0.29, 0.717) is 19.4 Å². The highest BCUT2D eigenvalue weighted by Crippen LogP contribution is 2.40. The van der Waals surface area contributed by atoms with E-state index in [1.165, 1.54) is 14.0 Å². The molecule has 3 saturated heterocycles. The van der Waals surface area contributed by atoms with E-state index < -0.39 is 89.9 Å². The molecule has 13 nitrogen and oxygen atoms in total. The zero-order chi connectivity index (χ0) is 37.9. The summed E-state index contributed by atoms with van der Waals surface area (Å²) in [6, 6.07) is -0.344. The molecule has 3 heterocycles. The SMILES string of the molecule is CC[C@H]1OC(=O)[C@H](C)[C@@H](O[C@H]2C[C@@](C)(OC)[C@@H](O)[C@H](C)O2)[C@H](C)[C@@H](O[C@H]2C[C@@H](NC)C[C@@H](C)O2)[C@](C)(O)C[C@@H](C)CN(C)[C@H](C)[C@@H](O)[C@]1(C)O. The van der Waals surface area contributed by atoms with Gasteiger partial charge in [0.1, 0.15) is 23.9 Å². The minimum atomic E-state index is -1.77. The van der Waals surface area contributed by atoms with Crippen molar-refractivity contribution in [2.24, 2.45) is 17.8 Å². The van der Waals surface area contributed by atoms with Crippen molar-refractivity contribution < 1.29 is 53.6 Å². The lowest BCUT2D eigenvalue weighted by Crippen LogP contribution is -2.59. The van der Waals surface area contributed by atoms with Crippen molar-refractivity contribution >= 4 is 5.97 Å². The Hall–Kier alpha value is -0.970. The van der Waals surface area contributed by atoms with Crippen molar-refractivity contribution in [1.29, 1.82) is 0 Å². The summed E-state index contributed by atoms with van der Waals surface area (Å²) >= 11 is 0. The molecule has 294 valence electrons. The number of carbonyl (C=O) groups is 1. The Bertz CT molecular complexity index is 1080. The normalized spacial score (nSPS) is 49.5. The van der Waals surface area contributed by atoms with Gasteiger partial charge in [-0.25, -0.2) is 0 Å². The maximum atomic E-state index is 14.1. The molecule has 0 aliphatic carbocycles. The first-order chi connectivity index (χ1) is 23.1. The highest BCUT2D eigenvalue weighted by Gasteiger charge is 2.52. The van der Waals surface area contributed by atoms with Gasteiger partial charge in [-0.3, -0.25) is 4.79 Å². The third-order valence-electron chi connectivity index (χ3n) is 11.8. The Labute approximate surface area is 300 Å². The Morgan fingerprint density at radius 1 is 0.940 bits per heavy atom. The minimum Gasteiger partial charge on any atom is -0.459 e. The van der Waals surface area contributed by atoms with Crippen molar-refractivity contribution in [3.63, 3.8) is 0 Å². The Balaban J connectivity index is 2.14. The molecule has 50 heavy (non-hydrogen) atoms. The lowest BCUT2D eigenvalue weighted by Gasteiger charge is -2.48. The monoisotopic (exact) mass is 718 g/mol. The van der Waals surface area contributed by atoms with E-state index in [-0.39, 0.29) is 30.9 Å². The molecule has 3 rings (SSSR count). The standard InChI is InChI=1S/C37H70N2O11/c1-14-27-37(10,44)31(40)24(6)39(12)19-20(2)17-35(8,43)33(50-28-16-26(38-11)15-21(3)46-28)22(4)30(23(5)34(42)48-27)49-29-18-36(9,45-13)32(41)25(7)47-29/h20-33,38,40-41,43-44H,14-19H2,1-13H3/t20-,21-,22+,23-,24-,25+,26+,27-,28+,29+,30+,31-,32+,33-,35-,36-,37-/m1/s1. The number of rotatable bonds is 7. The van der Waals surface area contributed by atoms with E-state index in [1.807, 2.05) is 46.7 Å². The van der Waals surface area contributed by atoms with Gasteiger partial charge in [0.2, 0.25) is 0 Å². The van der Waals surface area contributed by atoms with E-state index >= 15 is 0 Å². The van der Waals surface area contributed by atoms with Crippen LogP contribution < -0.4 is 5.32 Å². The van der Waals surface area contributed by atoms with Crippen LogP contribution in [0.4, 0.5) is 0 Å². The molecular weight excluding hydrogens is 648 g/mol. The lowest BCUT2D eigenvalue weighted by atomic mass is 9.77. The summed E-state index contributed by atoms with van der Waals surface area (Å²) in [4.78, 5) is 16.1. The molecule has 0 aromatic heterocycles. The summed E-state index contributed by atoms with van der Waals surface area (Å²) in [7, 11) is 5.31. The van der Waals surface area contributed by atoms with Gasteiger partial charge in [-0.2, -0.15) is 0 Å². The fraction of sp³-hybridized carbons (Fsp3) is 0.973. The zero-order valence-corrected chi connectivity index (χ0v) is 32.9. The second-order valence-electron chi connectivity index (χ2n) is 16.4. The average molecular weight is 719 g/mol. The number of aliphatic hydroxyl groups is 4. The van der Waals surface area contributed by atoms with Crippen LogP contribution in [0.15, 0.2) is 0 Å². The first-order valence-corrected chi connectivity index (χ1v) is 18.7. The van der Waals surface area contributed by atoms with E-state index in [1.54, 1.807) is 34.6 Å². The quantitative estimate of drug-likeness (QED) is 0.244. The minimum absolute atomic E-state index is 0.0719. The number of hydrogen-bond donors (Lipinski definition) is 5. The molecule has 3 aliphatic rings. The second kappa shape index (κ2) is 17.4. The number of ether oxygens (including phenoxy) is 6. The molecule has 5 N–H and O–H groups in total. The largest absolute Gasteiger partial charge is 0.459 e. The molecule has 0 spiro atoms. The van der Waals surface area contributed by atoms with E-state index in [2.05, 4.69) is 5.32 Å². The topological polar surface area (TPSA) is 169 Å². The van der Waals surface area contributed by atoms with Gasteiger partial charge in [0.05, 0.1) is 41.5 Å². The molecule has 13 heteroatoms. The Morgan fingerprint density at radius 2 is 1.58 bits per heavy atom. The van der Waals surface area contributed by atoms with Crippen LogP contribution in [-0.4, -0.2) is 143 Å². The van der Waals surface area contributed by atoms with Gasteiger partial charge in [-0.1, -0.05) is 20.8 Å². The third-order valence-corrected chi connectivity index (χ3v) is 11.8. The van der Waals surface area contributed by atoms with Crippen molar-refractivity contribution in [2.75, 3.05) is 27.7 Å². The molecule has 0 amide bonds. The van der Waals surface area contributed by atoms with Crippen molar-refractivity contribution in [3.05, 3.63) is 0 Å². The Morgan fingerprint density at radius 3 is 2.16 bits per heavy atom. The molecule has 0 saturated carbocycles. The van der Waals surface area contributed by atoms with Crippen LogP contribution in [0, 0.1) is 17.8 Å². The van der Waals surface area contributed by atoms with E-state index in [4.69, 9.17) is 28.4 Å². The van der Waals surface area contributed by atoms with Crippen molar-refractivity contribution in [3.8, 4) is 0 Å². The van der Waals surface area contributed by atoms with Crippen molar-refractivity contribution in [1.82, 2.24) is 10.2 Å². The van der Waals surface area contributed by atoms with E-state index in [0.717, 1.165) is 6.42 Å². The van der Waals surface area contributed by atoms with Crippen LogP contribution in [0.2, 0.25) is 0 Å². The average Bonchev–Trinajstić information content (AvgIpc) is 3.04. The molecule has 3 aliphatic heterocycles. The fourth-order valence-electron chi connectivity index (χ4n) is 8.52. The van der Waals surface area contributed by atoms with Crippen LogP contribution in [0.3, 0.4) is 0 Å². The number of nitrogens with one attached hydrogen (secondary N) is 1. The van der Waals surface area contributed by atoms with Gasteiger partial charge in [0, 0.05) is 44.5 Å². The highest BCUT2D eigenvalue weighted by molar-refractivity contribution is 5.73. The van der Waals surface area contributed by atoms with Gasteiger partial charge < -0.3 is 59.1 Å². The second-order valence-corrected chi connectivity index (χ2v) is 16.4. The van der Waals surface area contributed by atoms with Crippen LogP contribution in [0.25, 0.3) is 0 Å². The van der Waals surface area contributed by atoms with Gasteiger partial charge in [0.15, 0.2) is 12.6 Å². The van der Waals surface area contributed by atoms with E-state index in [9.17, 15) is 25.2 Å². The molecule has 3 fully saturated rings. The number of nitrogens with zero attached hydrogens (tertiary/aromatic N) is 1. The third kappa shape index (κ3) is 9.96. The summed E-state index contributed by atoms with van der Waals surface area (Å²) in [5.74, 6) is -2.27. The molecule has 0 bridgehead atoms. The number of esters is 1. The zero-order valence-electron chi connectivity index (χ0n) is 32.9. The van der Waals surface area contributed by atoms with Gasteiger partial charge >= 0.3 is 5.97 Å². The molecule has 0 aromatic rings. The molecule has 0 aromatic carbocycles. The maximum Gasteiger partial charge on any atom is 0.311 e. The number of methoxy groups -OCH3 is 1. The number of aliphatic hydroxyl groups excluding tert-OH is 2. The first-order valence-electron chi connectivity index (χ1n) is 18.7. The van der Waals surface area contributed by atoms with Crippen LogP contribution in [0.1, 0.15) is 101 Å². The smallest absolute Gasteiger partial charge is 0.311 e. The molecule has 0 unspecified atom stereocenters. The summed E-state index contributed by atoms with van der Waals surface area (Å²) in [5, 5.41) is 49.8. The highest BCUT2D eigenvalue weighted by atomic mass is 16.7. The lowest BCUT2D eigenvalue weighted by molar-refractivity contribution is -0.308.